The molecule has 90 valence electrons. The van der Waals surface area contributed by atoms with Gasteiger partial charge in [0, 0.05) is 5.92 Å². The minimum atomic E-state index is -0.916. The third-order valence-electron chi connectivity index (χ3n) is 2.36. The Balaban J connectivity index is 3.87. The van der Waals surface area contributed by atoms with Crippen LogP contribution in [0.15, 0.2) is 24.8 Å². The van der Waals surface area contributed by atoms with Crippen LogP contribution < -0.4 is 0 Å². The van der Waals surface area contributed by atoms with E-state index < -0.39 is 5.97 Å². The highest BCUT2D eigenvalue weighted by atomic mass is 16.4. The number of aliphatic carboxylic acids is 1. The van der Waals surface area contributed by atoms with Crippen molar-refractivity contribution in [1.29, 1.82) is 0 Å². The molecule has 0 aliphatic carbocycles. The monoisotopic (exact) mass is 224 g/mol. The second-order valence-corrected chi connectivity index (χ2v) is 3.83. The van der Waals surface area contributed by atoms with Gasteiger partial charge in [0.25, 0.3) is 0 Å². The Kier molecular flexibility index (Phi) is 8.12. The van der Waals surface area contributed by atoms with E-state index in [1.807, 2.05) is 18.2 Å². The molecule has 0 radical (unpaired) electrons. The zero-order valence-electron chi connectivity index (χ0n) is 9.82. The van der Waals surface area contributed by atoms with E-state index >= 15 is 0 Å². The zero-order chi connectivity index (χ0) is 12.4. The molecule has 3 heteroatoms. The molecule has 0 aromatic carbocycles. The topological polar surface area (TPSA) is 54.4 Å². The quantitative estimate of drug-likeness (QED) is 0.484. The molecule has 0 saturated heterocycles. The number of hydrogen-bond donors (Lipinski definition) is 1. The fraction of sp³-hybridized carbons (Fsp3) is 0.538. The third kappa shape index (κ3) is 7.97. The van der Waals surface area contributed by atoms with Crippen molar-refractivity contribution in [3.8, 4) is 0 Å². The number of ketones is 1. The molecule has 0 aliphatic rings. The summed E-state index contributed by atoms with van der Waals surface area (Å²) in [4.78, 5) is 21.6. The van der Waals surface area contributed by atoms with Crippen LogP contribution in [-0.4, -0.2) is 16.9 Å². The SMILES string of the molecule is C=CCCC/C=C/CC(CC(=O)O)C(C)=O. The van der Waals surface area contributed by atoms with E-state index in [0.717, 1.165) is 19.3 Å². The first-order valence-electron chi connectivity index (χ1n) is 5.56. The van der Waals surface area contributed by atoms with Crippen LogP contribution >= 0.6 is 0 Å². The molecule has 16 heavy (non-hydrogen) atoms. The number of unbranched alkanes of at least 4 members (excludes halogenated alkanes) is 2. The molecule has 0 aromatic rings. The maximum absolute atomic E-state index is 11.1. The van der Waals surface area contributed by atoms with E-state index in [1.165, 1.54) is 6.92 Å². The summed E-state index contributed by atoms with van der Waals surface area (Å²) in [5.74, 6) is -1.36. The lowest BCUT2D eigenvalue weighted by Crippen LogP contribution is -2.14. The van der Waals surface area contributed by atoms with E-state index in [0.29, 0.717) is 6.42 Å². The highest BCUT2D eigenvalue weighted by molar-refractivity contribution is 5.83. The Morgan fingerprint density at radius 3 is 2.50 bits per heavy atom. The van der Waals surface area contributed by atoms with Gasteiger partial charge in [0.1, 0.15) is 5.78 Å². The van der Waals surface area contributed by atoms with Crippen LogP contribution in [0.4, 0.5) is 0 Å². The van der Waals surface area contributed by atoms with Gasteiger partial charge in [-0.2, -0.15) is 0 Å². The van der Waals surface area contributed by atoms with Crippen LogP contribution in [0.2, 0.25) is 0 Å². The van der Waals surface area contributed by atoms with Crippen LogP contribution in [-0.2, 0) is 9.59 Å². The molecule has 1 atom stereocenters. The summed E-state index contributed by atoms with van der Waals surface area (Å²) in [6.45, 7) is 5.07. The molecule has 0 aromatic heterocycles. The van der Waals surface area contributed by atoms with E-state index in [1.54, 1.807) is 0 Å². The smallest absolute Gasteiger partial charge is 0.304 e. The predicted molar refractivity (Wildman–Crippen MR) is 64.2 cm³/mol. The van der Waals surface area contributed by atoms with Crippen LogP contribution in [0.1, 0.15) is 39.0 Å². The van der Waals surface area contributed by atoms with Gasteiger partial charge in [-0.05, 0) is 32.6 Å². The van der Waals surface area contributed by atoms with Crippen molar-refractivity contribution >= 4 is 11.8 Å². The van der Waals surface area contributed by atoms with Crippen LogP contribution in [0.3, 0.4) is 0 Å². The number of allylic oxidation sites excluding steroid dienone is 3. The highest BCUT2D eigenvalue weighted by Crippen LogP contribution is 2.11. The van der Waals surface area contributed by atoms with E-state index in [-0.39, 0.29) is 18.1 Å². The van der Waals surface area contributed by atoms with Crippen molar-refractivity contribution in [3.05, 3.63) is 24.8 Å². The molecule has 0 fully saturated rings. The Bertz CT molecular complexity index is 266. The predicted octanol–water partition coefficient (Wildman–Crippen LogP) is 2.97. The van der Waals surface area contributed by atoms with Crippen molar-refractivity contribution in [2.75, 3.05) is 0 Å². The summed E-state index contributed by atoms with van der Waals surface area (Å²) in [6.07, 6.45) is 9.20. The molecule has 3 nitrogen and oxygen atoms in total. The Hall–Kier alpha value is -1.38. The number of carboxylic acids is 1. The Morgan fingerprint density at radius 1 is 1.31 bits per heavy atom. The average molecular weight is 224 g/mol. The highest BCUT2D eigenvalue weighted by Gasteiger charge is 2.15. The Morgan fingerprint density at radius 2 is 2.00 bits per heavy atom. The normalized spacial score (nSPS) is 12.6. The summed E-state index contributed by atoms with van der Waals surface area (Å²) in [7, 11) is 0. The maximum Gasteiger partial charge on any atom is 0.304 e. The van der Waals surface area contributed by atoms with Crippen molar-refractivity contribution in [2.45, 2.75) is 39.0 Å². The third-order valence-corrected chi connectivity index (χ3v) is 2.36. The second kappa shape index (κ2) is 8.89. The van der Waals surface area contributed by atoms with Gasteiger partial charge in [-0.1, -0.05) is 18.2 Å². The Labute approximate surface area is 96.9 Å². The summed E-state index contributed by atoms with van der Waals surface area (Å²) in [5, 5.41) is 8.62. The first-order chi connectivity index (χ1) is 7.57. The standard InChI is InChI=1S/C13H20O3/c1-3-4-5-6-7-8-9-12(11(2)14)10-13(15)16/h3,7-8,12H,1,4-6,9-10H2,2H3,(H,15,16)/b8-7+. The molecule has 0 amide bonds. The van der Waals surface area contributed by atoms with Gasteiger partial charge in [0.05, 0.1) is 6.42 Å². The van der Waals surface area contributed by atoms with Crippen molar-refractivity contribution in [3.63, 3.8) is 0 Å². The zero-order valence-corrected chi connectivity index (χ0v) is 9.82. The van der Waals surface area contributed by atoms with E-state index in [4.69, 9.17) is 5.11 Å². The second-order valence-electron chi connectivity index (χ2n) is 3.83. The average Bonchev–Trinajstić information content (AvgIpc) is 2.20. The molecule has 1 unspecified atom stereocenters. The summed E-state index contributed by atoms with van der Waals surface area (Å²) in [6, 6.07) is 0. The van der Waals surface area contributed by atoms with Crippen molar-refractivity contribution in [2.24, 2.45) is 5.92 Å². The van der Waals surface area contributed by atoms with Crippen molar-refractivity contribution < 1.29 is 14.7 Å². The summed E-state index contributed by atoms with van der Waals surface area (Å²) >= 11 is 0. The van der Waals surface area contributed by atoms with E-state index in [9.17, 15) is 9.59 Å². The van der Waals surface area contributed by atoms with Gasteiger partial charge >= 0.3 is 5.97 Å². The van der Waals surface area contributed by atoms with Gasteiger partial charge in [0.15, 0.2) is 0 Å². The maximum atomic E-state index is 11.1. The number of carbonyl (C=O) groups excluding carboxylic acids is 1. The number of carbonyl (C=O) groups is 2. The van der Waals surface area contributed by atoms with Gasteiger partial charge in [-0.25, -0.2) is 0 Å². The minimum absolute atomic E-state index is 0.0573. The number of carboxylic acid groups (broad SMARTS) is 1. The number of rotatable bonds is 9. The molecule has 0 bridgehead atoms. The molecular weight excluding hydrogens is 204 g/mol. The fourth-order valence-corrected chi connectivity index (χ4v) is 1.36. The minimum Gasteiger partial charge on any atom is -0.481 e. The molecule has 0 saturated carbocycles. The molecule has 1 N–H and O–H groups in total. The molecule has 0 rings (SSSR count). The van der Waals surface area contributed by atoms with Crippen LogP contribution in [0.5, 0.6) is 0 Å². The molecular formula is C13H20O3. The first-order valence-corrected chi connectivity index (χ1v) is 5.56. The molecule has 0 aliphatic heterocycles. The lowest BCUT2D eigenvalue weighted by atomic mass is 9.97. The summed E-state index contributed by atoms with van der Waals surface area (Å²) < 4.78 is 0. The van der Waals surface area contributed by atoms with Gasteiger partial charge in [-0.3, -0.25) is 9.59 Å². The fourth-order valence-electron chi connectivity index (χ4n) is 1.36. The van der Waals surface area contributed by atoms with Crippen molar-refractivity contribution in [1.82, 2.24) is 0 Å². The largest absolute Gasteiger partial charge is 0.481 e. The molecule has 0 heterocycles. The lowest BCUT2D eigenvalue weighted by Gasteiger charge is -2.07. The van der Waals surface area contributed by atoms with Gasteiger partial charge in [0.2, 0.25) is 0 Å². The van der Waals surface area contributed by atoms with Gasteiger partial charge < -0.3 is 5.11 Å². The van der Waals surface area contributed by atoms with Gasteiger partial charge in [-0.15, -0.1) is 6.58 Å². The van der Waals surface area contributed by atoms with Crippen LogP contribution in [0.25, 0.3) is 0 Å². The molecule has 0 spiro atoms. The van der Waals surface area contributed by atoms with Crippen LogP contribution in [0, 0.1) is 5.92 Å². The lowest BCUT2D eigenvalue weighted by molar-refractivity contribution is -0.140. The first kappa shape index (κ1) is 14.6. The number of hydrogen-bond acceptors (Lipinski definition) is 2. The number of Topliss-reactive ketones (excluding diaryl/α,β-unsaturated/α-hetero) is 1. The van der Waals surface area contributed by atoms with E-state index in [2.05, 4.69) is 6.58 Å². The summed E-state index contributed by atoms with van der Waals surface area (Å²) in [5.41, 5.74) is 0.